The van der Waals surface area contributed by atoms with Crippen LogP contribution in [0.4, 0.5) is 24.4 Å². The number of nitrogens with one attached hydrogen (secondary N) is 2. The van der Waals surface area contributed by atoms with Crippen LogP contribution in [0, 0.1) is 25.5 Å². The summed E-state index contributed by atoms with van der Waals surface area (Å²) < 4.78 is 27.2. The van der Waals surface area contributed by atoms with Crippen LogP contribution in [0.2, 0.25) is 0 Å². The summed E-state index contributed by atoms with van der Waals surface area (Å²) in [6, 6.07) is 4.87. The highest BCUT2D eigenvalue weighted by Gasteiger charge is 2.12. The molecule has 2 aromatic heterocycles. The predicted octanol–water partition coefficient (Wildman–Crippen LogP) is 4.23. The first-order valence-corrected chi connectivity index (χ1v) is 7.52. The Bertz CT molecular complexity index is 910. The smallest absolute Gasteiger partial charge is 0.305 e. The molecule has 0 aliphatic rings. The van der Waals surface area contributed by atoms with Gasteiger partial charge in [0.25, 0.3) is 0 Å². The quantitative estimate of drug-likeness (QED) is 0.737. The fraction of sp³-hybridized carbons (Fsp3) is 0.133. The average Bonchev–Trinajstić information content (AvgIpc) is 2.85. The minimum atomic E-state index is -0.708. The number of nitrogens with zero attached hydrogens (tertiary/aromatic N) is 2. The Labute approximate surface area is 134 Å². The summed E-state index contributed by atoms with van der Waals surface area (Å²) in [4.78, 5) is 21.1. The minimum Gasteiger partial charge on any atom is -0.305 e. The number of aromatic nitrogens is 2. The van der Waals surface area contributed by atoms with Gasteiger partial charge in [0.05, 0.1) is 5.69 Å². The van der Waals surface area contributed by atoms with Crippen molar-refractivity contribution >= 4 is 38.5 Å². The van der Waals surface area contributed by atoms with Gasteiger partial charge in [0.1, 0.15) is 22.0 Å². The summed E-state index contributed by atoms with van der Waals surface area (Å²) in [5.74, 6) is -1.30. The van der Waals surface area contributed by atoms with Crippen molar-refractivity contribution in [3.8, 4) is 0 Å². The third-order valence-corrected chi connectivity index (χ3v) is 3.99. The number of hydrogen-bond donors (Lipinski definition) is 2. The maximum atomic E-state index is 13.7. The van der Waals surface area contributed by atoms with Crippen LogP contribution >= 0.6 is 11.3 Å². The number of halogens is 2. The summed E-state index contributed by atoms with van der Waals surface area (Å²) in [6.45, 7) is 3.30. The molecule has 0 atom stereocenters. The highest BCUT2D eigenvalue weighted by molar-refractivity contribution is 7.21. The van der Waals surface area contributed by atoms with Crippen LogP contribution in [0.1, 0.15) is 11.3 Å². The number of anilines is 2. The van der Waals surface area contributed by atoms with Gasteiger partial charge in [-0.25, -0.2) is 23.5 Å². The van der Waals surface area contributed by atoms with Crippen molar-refractivity contribution in [2.45, 2.75) is 13.8 Å². The molecule has 0 aliphatic heterocycles. The van der Waals surface area contributed by atoms with E-state index >= 15 is 0 Å². The molecule has 0 radical (unpaired) electrons. The number of rotatable bonds is 2. The lowest BCUT2D eigenvalue weighted by atomic mass is 10.2. The van der Waals surface area contributed by atoms with Crippen LogP contribution < -0.4 is 10.6 Å². The van der Waals surface area contributed by atoms with Gasteiger partial charge >= 0.3 is 6.03 Å². The van der Waals surface area contributed by atoms with Crippen molar-refractivity contribution in [3.05, 3.63) is 47.2 Å². The van der Waals surface area contributed by atoms with Crippen LogP contribution in [-0.2, 0) is 0 Å². The molecule has 0 saturated carbocycles. The fourth-order valence-corrected chi connectivity index (χ4v) is 2.83. The molecule has 2 N–H and O–H groups in total. The summed E-state index contributed by atoms with van der Waals surface area (Å²) in [5, 5.41) is 5.08. The summed E-state index contributed by atoms with van der Waals surface area (Å²) in [5.41, 5.74) is 1.43. The van der Waals surface area contributed by atoms with Gasteiger partial charge in [0.15, 0.2) is 5.13 Å². The highest BCUT2D eigenvalue weighted by Crippen LogP contribution is 2.25. The van der Waals surface area contributed by atoms with Gasteiger partial charge in [0, 0.05) is 11.8 Å². The lowest BCUT2D eigenvalue weighted by molar-refractivity contribution is 0.262. The summed E-state index contributed by atoms with van der Waals surface area (Å²) in [7, 11) is 0. The molecule has 8 heteroatoms. The summed E-state index contributed by atoms with van der Waals surface area (Å²) >= 11 is 1.20. The molecule has 3 aromatic rings. The number of hydrogen-bond acceptors (Lipinski definition) is 4. The first kappa shape index (κ1) is 15.3. The lowest BCUT2D eigenvalue weighted by Crippen LogP contribution is -2.20. The Morgan fingerprint density at radius 2 is 1.87 bits per heavy atom. The molecule has 118 valence electrons. The fourth-order valence-electron chi connectivity index (χ4n) is 1.96. The SMILES string of the molecule is Cc1ccc2nc(NC(=O)Nc3cc(F)c(C)cc3F)sc2n1. The number of amides is 2. The van der Waals surface area contributed by atoms with Gasteiger partial charge in [-0.3, -0.25) is 5.32 Å². The first-order valence-electron chi connectivity index (χ1n) is 6.70. The van der Waals surface area contributed by atoms with Gasteiger partial charge in [-0.1, -0.05) is 11.3 Å². The van der Waals surface area contributed by atoms with E-state index in [1.807, 2.05) is 13.0 Å². The zero-order valence-electron chi connectivity index (χ0n) is 12.3. The second-order valence-electron chi connectivity index (χ2n) is 4.96. The van der Waals surface area contributed by atoms with Crippen molar-refractivity contribution < 1.29 is 13.6 Å². The molecule has 0 saturated heterocycles. The van der Waals surface area contributed by atoms with Crippen molar-refractivity contribution in [3.63, 3.8) is 0 Å². The van der Waals surface area contributed by atoms with Gasteiger partial charge in [-0.15, -0.1) is 0 Å². The second-order valence-corrected chi connectivity index (χ2v) is 5.93. The molecule has 5 nitrogen and oxygen atoms in total. The lowest BCUT2D eigenvalue weighted by Gasteiger charge is -2.07. The van der Waals surface area contributed by atoms with Crippen LogP contribution in [0.5, 0.6) is 0 Å². The van der Waals surface area contributed by atoms with E-state index in [4.69, 9.17) is 0 Å². The molecule has 1 aromatic carbocycles. The van der Waals surface area contributed by atoms with Crippen LogP contribution in [0.25, 0.3) is 10.3 Å². The third kappa shape index (κ3) is 3.26. The Kier molecular flexibility index (Phi) is 3.91. The Morgan fingerprint density at radius 3 is 2.65 bits per heavy atom. The Morgan fingerprint density at radius 1 is 1.09 bits per heavy atom. The first-order chi connectivity index (χ1) is 10.9. The van der Waals surface area contributed by atoms with Crippen LogP contribution in [0.3, 0.4) is 0 Å². The zero-order chi connectivity index (χ0) is 16.6. The molecule has 2 amide bonds. The normalized spacial score (nSPS) is 10.8. The maximum absolute atomic E-state index is 13.7. The number of fused-ring (bicyclic) bond motifs is 1. The maximum Gasteiger partial charge on any atom is 0.325 e. The number of urea groups is 1. The Hall–Kier alpha value is -2.61. The van der Waals surface area contributed by atoms with E-state index in [-0.39, 0.29) is 11.3 Å². The van der Waals surface area contributed by atoms with E-state index < -0.39 is 17.7 Å². The topological polar surface area (TPSA) is 66.9 Å². The number of carbonyl (C=O) groups is 1. The highest BCUT2D eigenvalue weighted by atomic mass is 32.1. The number of thiazole rings is 1. The van der Waals surface area contributed by atoms with E-state index in [9.17, 15) is 13.6 Å². The van der Waals surface area contributed by atoms with Gasteiger partial charge in [-0.2, -0.15) is 0 Å². The Balaban J connectivity index is 1.77. The van der Waals surface area contributed by atoms with Crippen LogP contribution in [-0.4, -0.2) is 16.0 Å². The van der Waals surface area contributed by atoms with Crippen molar-refractivity contribution in [2.75, 3.05) is 10.6 Å². The van der Waals surface area contributed by atoms with E-state index in [0.29, 0.717) is 15.5 Å². The van der Waals surface area contributed by atoms with Crippen molar-refractivity contribution in [1.82, 2.24) is 9.97 Å². The van der Waals surface area contributed by atoms with Crippen molar-refractivity contribution in [1.29, 1.82) is 0 Å². The standard InChI is InChI=1S/C15H12F2N4OS/c1-7-5-10(17)12(6-9(7)16)19-14(22)21-15-20-11-4-3-8(2)18-13(11)23-15/h3-6H,1-2H3,(H2,19,20,21,22). The third-order valence-electron chi connectivity index (χ3n) is 3.11. The van der Waals surface area contributed by atoms with Gasteiger partial charge < -0.3 is 5.32 Å². The van der Waals surface area contributed by atoms with E-state index in [0.717, 1.165) is 17.8 Å². The molecule has 0 spiro atoms. The van der Waals surface area contributed by atoms with Crippen LogP contribution in [0.15, 0.2) is 24.3 Å². The average molecular weight is 334 g/mol. The molecular formula is C15H12F2N4OS. The second kappa shape index (κ2) is 5.88. The predicted molar refractivity (Wildman–Crippen MR) is 85.9 cm³/mol. The van der Waals surface area contributed by atoms with E-state index in [1.54, 1.807) is 6.07 Å². The monoisotopic (exact) mass is 334 g/mol. The largest absolute Gasteiger partial charge is 0.325 e. The molecule has 23 heavy (non-hydrogen) atoms. The number of benzene rings is 1. The molecule has 0 aliphatic carbocycles. The minimum absolute atomic E-state index is 0.168. The summed E-state index contributed by atoms with van der Waals surface area (Å²) in [6.07, 6.45) is 0. The zero-order valence-corrected chi connectivity index (χ0v) is 13.1. The van der Waals surface area contributed by atoms with E-state index in [2.05, 4.69) is 20.6 Å². The molecule has 0 unspecified atom stereocenters. The number of pyridine rings is 1. The van der Waals surface area contributed by atoms with Crippen molar-refractivity contribution in [2.24, 2.45) is 0 Å². The molecule has 0 fully saturated rings. The van der Waals surface area contributed by atoms with Gasteiger partial charge in [0.2, 0.25) is 0 Å². The number of aryl methyl sites for hydroxylation is 2. The molecular weight excluding hydrogens is 322 g/mol. The number of carbonyl (C=O) groups excluding carboxylic acids is 1. The molecule has 0 bridgehead atoms. The molecule has 2 heterocycles. The molecule has 3 rings (SSSR count). The van der Waals surface area contributed by atoms with E-state index in [1.165, 1.54) is 18.3 Å². The van der Waals surface area contributed by atoms with Gasteiger partial charge in [-0.05, 0) is 37.6 Å².